The van der Waals surface area contributed by atoms with Crippen LogP contribution in [0.3, 0.4) is 0 Å². The van der Waals surface area contributed by atoms with Gasteiger partial charge in [0, 0.05) is 25.2 Å². The Morgan fingerprint density at radius 3 is 2.64 bits per heavy atom. The van der Waals surface area contributed by atoms with Gasteiger partial charge < -0.3 is 9.88 Å². The Bertz CT molecular complexity index is 1440. The minimum atomic E-state index is 0.652. The van der Waals surface area contributed by atoms with Crippen LogP contribution < -0.4 is 5.32 Å². The van der Waals surface area contributed by atoms with Crippen molar-refractivity contribution < 1.29 is 0 Å². The maximum Gasteiger partial charge on any atom is 0.129 e. The summed E-state index contributed by atoms with van der Waals surface area (Å²) >= 11 is 1.68. The number of hydrogen-bond donors (Lipinski definition) is 1. The summed E-state index contributed by atoms with van der Waals surface area (Å²) in [7, 11) is 2.04. The van der Waals surface area contributed by atoms with Crippen molar-refractivity contribution in [2.45, 2.75) is 32.2 Å². The zero-order chi connectivity index (χ0) is 22.4. The van der Waals surface area contributed by atoms with Gasteiger partial charge in [-0.05, 0) is 42.4 Å². The van der Waals surface area contributed by atoms with Gasteiger partial charge in [0.2, 0.25) is 0 Å². The first kappa shape index (κ1) is 20.1. The van der Waals surface area contributed by atoms with E-state index in [2.05, 4.69) is 81.4 Å². The molecule has 2 aromatic carbocycles. The Kier molecular flexibility index (Phi) is 4.95. The summed E-state index contributed by atoms with van der Waals surface area (Å²) in [4.78, 5) is 15.3. The lowest BCUT2D eigenvalue weighted by Gasteiger charge is -2.13. The SMILES string of the molecule is Cc1ncsc1-c1ccc(CNc2cc3c(ncn3C)c(-c3ccccc3C3CC3)n2)cc1. The Labute approximate surface area is 197 Å². The number of anilines is 1. The fourth-order valence-corrected chi connectivity index (χ4v) is 5.23. The number of aryl methyl sites for hydroxylation is 2. The molecule has 1 aliphatic rings. The first-order chi connectivity index (χ1) is 16.2. The van der Waals surface area contributed by atoms with E-state index in [1.807, 2.05) is 18.9 Å². The van der Waals surface area contributed by atoms with E-state index in [0.29, 0.717) is 12.5 Å². The number of hydrogen-bond acceptors (Lipinski definition) is 5. The highest BCUT2D eigenvalue weighted by Crippen LogP contribution is 2.45. The van der Waals surface area contributed by atoms with Gasteiger partial charge in [0.15, 0.2) is 0 Å². The highest BCUT2D eigenvalue weighted by molar-refractivity contribution is 7.13. The van der Waals surface area contributed by atoms with Crippen molar-refractivity contribution in [3.63, 3.8) is 0 Å². The smallest absolute Gasteiger partial charge is 0.129 e. The average Bonchev–Trinajstić information content (AvgIpc) is 3.51. The van der Waals surface area contributed by atoms with Gasteiger partial charge in [0.1, 0.15) is 17.0 Å². The molecular weight excluding hydrogens is 426 g/mol. The predicted octanol–water partition coefficient (Wildman–Crippen LogP) is 6.56. The molecule has 0 radical (unpaired) electrons. The van der Waals surface area contributed by atoms with Crippen LogP contribution in [0.25, 0.3) is 32.7 Å². The number of nitrogens with zero attached hydrogens (tertiary/aromatic N) is 4. The lowest BCUT2D eigenvalue weighted by molar-refractivity contribution is 0.947. The monoisotopic (exact) mass is 451 g/mol. The second-order valence-electron chi connectivity index (χ2n) is 8.76. The second-order valence-corrected chi connectivity index (χ2v) is 9.61. The molecule has 33 heavy (non-hydrogen) atoms. The zero-order valence-corrected chi connectivity index (χ0v) is 19.6. The molecule has 0 aliphatic heterocycles. The average molecular weight is 452 g/mol. The predicted molar refractivity (Wildman–Crippen MR) is 136 cm³/mol. The van der Waals surface area contributed by atoms with E-state index in [1.54, 1.807) is 11.3 Å². The minimum Gasteiger partial charge on any atom is -0.366 e. The van der Waals surface area contributed by atoms with E-state index >= 15 is 0 Å². The molecule has 5 nitrogen and oxygen atoms in total. The molecule has 6 rings (SSSR count). The van der Waals surface area contributed by atoms with Crippen LogP contribution in [-0.2, 0) is 13.6 Å². The molecule has 0 bridgehead atoms. The number of thiazole rings is 1. The lowest BCUT2D eigenvalue weighted by Crippen LogP contribution is -2.03. The van der Waals surface area contributed by atoms with Crippen molar-refractivity contribution in [2.24, 2.45) is 7.05 Å². The Morgan fingerprint density at radius 1 is 1.06 bits per heavy atom. The molecule has 1 fully saturated rings. The third kappa shape index (κ3) is 3.80. The quantitative estimate of drug-likeness (QED) is 0.318. The van der Waals surface area contributed by atoms with Crippen molar-refractivity contribution in [1.82, 2.24) is 19.5 Å². The molecule has 3 aromatic heterocycles. The third-order valence-electron chi connectivity index (χ3n) is 6.38. The number of aromatic nitrogens is 4. The molecule has 164 valence electrons. The number of benzene rings is 2. The molecule has 0 unspecified atom stereocenters. The van der Waals surface area contributed by atoms with Crippen molar-refractivity contribution >= 4 is 28.2 Å². The van der Waals surface area contributed by atoms with Crippen LogP contribution in [0.15, 0.2) is 66.4 Å². The van der Waals surface area contributed by atoms with Gasteiger partial charge >= 0.3 is 0 Å². The summed E-state index contributed by atoms with van der Waals surface area (Å²) in [5, 5.41) is 3.55. The Hall–Kier alpha value is -3.51. The molecule has 5 aromatic rings. The second kappa shape index (κ2) is 8.12. The fraction of sp³-hybridized carbons (Fsp3) is 0.222. The summed E-state index contributed by atoms with van der Waals surface area (Å²) in [6, 6.07) is 19.5. The number of pyridine rings is 1. The Morgan fingerprint density at radius 2 is 1.88 bits per heavy atom. The molecule has 1 N–H and O–H groups in total. The summed E-state index contributed by atoms with van der Waals surface area (Å²) in [6.07, 6.45) is 4.40. The van der Waals surface area contributed by atoms with Crippen LogP contribution in [-0.4, -0.2) is 19.5 Å². The number of nitrogens with one attached hydrogen (secondary N) is 1. The van der Waals surface area contributed by atoms with Gasteiger partial charge in [0.25, 0.3) is 0 Å². The maximum absolute atomic E-state index is 5.05. The van der Waals surface area contributed by atoms with Gasteiger partial charge in [-0.25, -0.2) is 15.0 Å². The van der Waals surface area contributed by atoms with Crippen LogP contribution in [0.1, 0.15) is 35.6 Å². The van der Waals surface area contributed by atoms with Gasteiger partial charge in [-0.1, -0.05) is 48.5 Å². The highest BCUT2D eigenvalue weighted by Gasteiger charge is 2.27. The van der Waals surface area contributed by atoms with E-state index in [1.165, 1.54) is 40.0 Å². The van der Waals surface area contributed by atoms with E-state index in [4.69, 9.17) is 4.98 Å². The van der Waals surface area contributed by atoms with E-state index in [-0.39, 0.29) is 0 Å². The molecule has 3 heterocycles. The minimum absolute atomic E-state index is 0.652. The van der Waals surface area contributed by atoms with Gasteiger partial charge in [-0.15, -0.1) is 11.3 Å². The normalized spacial score (nSPS) is 13.5. The molecule has 0 saturated heterocycles. The topological polar surface area (TPSA) is 55.6 Å². The lowest BCUT2D eigenvalue weighted by atomic mass is 9.99. The molecule has 1 saturated carbocycles. The van der Waals surface area contributed by atoms with Crippen molar-refractivity contribution in [2.75, 3.05) is 5.32 Å². The zero-order valence-electron chi connectivity index (χ0n) is 18.7. The molecular formula is C27H25N5S. The number of imidazole rings is 1. The summed E-state index contributed by atoms with van der Waals surface area (Å²) in [5.41, 5.74) is 11.0. The summed E-state index contributed by atoms with van der Waals surface area (Å²) < 4.78 is 2.07. The van der Waals surface area contributed by atoms with Gasteiger partial charge in [0.05, 0.1) is 27.9 Å². The molecule has 1 aliphatic carbocycles. The van der Waals surface area contributed by atoms with Crippen molar-refractivity contribution in [1.29, 1.82) is 0 Å². The van der Waals surface area contributed by atoms with Crippen LogP contribution in [0.2, 0.25) is 0 Å². The first-order valence-electron chi connectivity index (χ1n) is 11.3. The standard InChI is InChI=1S/C27H25N5S/c1-17-27(33-16-30-17)20-9-7-18(8-10-20)14-28-24-13-23-26(29-15-32(23)2)25(31-24)22-6-4-3-5-21(22)19-11-12-19/h3-10,13,15-16,19H,11-12,14H2,1-2H3,(H,28,31). The van der Waals surface area contributed by atoms with Crippen molar-refractivity contribution in [3.05, 3.63) is 83.3 Å². The van der Waals surface area contributed by atoms with Crippen LogP contribution in [0.5, 0.6) is 0 Å². The van der Waals surface area contributed by atoms with Crippen LogP contribution in [0, 0.1) is 6.92 Å². The molecule has 0 atom stereocenters. The molecule has 0 amide bonds. The van der Waals surface area contributed by atoms with E-state index < -0.39 is 0 Å². The third-order valence-corrected chi connectivity index (χ3v) is 7.36. The highest BCUT2D eigenvalue weighted by atomic mass is 32.1. The first-order valence-corrected chi connectivity index (χ1v) is 12.2. The Balaban J connectivity index is 1.31. The van der Waals surface area contributed by atoms with Crippen LogP contribution >= 0.6 is 11.3 Å². The van der Waals surface area contributed by atoms with E-state index in [0.717, 1.165) is 28.2 Å². The molecule has 0 spiro atoms. The van der Waals surface area contributed by atoms with Crippen molar-refractivity contribution in [3.8, 4) is 21.7 Å². The summed E-state index contributed by atoms with van der Waals surface area (Å²) in [6.45, 7) is 2.77. The largest absolute Gasteiger partial charge is 0.366 e. The van der Waals surface area contributed by atoms with E-state index in [9.17, 15) is 0 Å². The number of rotatable bonds is 6. The van der Waals surface area contributed by atoms with Crippen LogP contribution in [0.4, 0.5) is 5.82 Å². The fourth-order valence-electron chi connectivity index (χ4n) is 4.41. The maximum atomic E-state index is 5.05. The molecule has 6 heteroatoms. The van der Waals surface area contributed by atoms with Gasteiger partial charge in [-0.2, -0.15) is 0 Å². The van der Waals surface area contributed by atoms with Gasteiger partial charge in [-0.3, -0.25) is 0 Å². The summed E-state index contributed by atoms with van der Waals surface area (Å²) in [5.74, 6) is 1.52. The number of fused-ring (bicyclic) bond motifs is 1.